The Kier molecular flexibility index (Phi) is 3.83. The third-order valence-corrected chi connectivity index (χ3v) is 4.85. The van der Waals surface area contributed by atoms with Crippen LogP contribution in [0.5, 0.6) is 0 Å². The molecule has 2 N–H and O–H groups in total. The largest absolute Gasteiger partial charge is 0.481 e. The predicted octanol–water partition coefficient (Wildman–Crippen LogP) is 1.20. The monoisotopic (exact) mass is 282 g/mol. The molecule has 4 atom stereocenters. The van der Waals surface area contributed by atoms with E-state index in [-0.39, 0.29) is 30.1 Å². The van der Waals surface area contributed by atoms with Crippen molar-refractivity contribution in [3.8, 4) is 0 Å². The molecule has 3 fully saturated rings. The van der Waals surface area contributed by atoms with Gasteiger partial charge in [-0.15, -0.1) is 0 Å². The average molecular weight is 282 g/mol. The second-order valence-electron chi connectivity index (χ2n) is 6.10. The summed E-state index contributed by atoms with van der Waals surface area (Å²) in [5.74, 6) is -1.05. The van der Waals surface area contributed by atoms with E-state index < -0.39 is 5.97 Å². The van der Waals surface area contributed by atoms with Crippen molar-refractivity contribution in [3.05, 3.63) is 0 Å². The Morgan fingerprint density at radius 2 is 2.05 bits per heavy atom. The number of rotatable bonds is 2. The van der Waals surface area contributed by atoms with Gasteiger partial charge in [0.1, 0.15) is 0 Å². The maximum atomic E-state index is 12.4. The van der Waals surface area contributed by atoms with E-state index in [4.69, 9.17) is 9.84 Å². The number of amides is 2. The number of hydrogen-bond acceptors (Lipinski definition) is 3. The van der Waals surface area contributed by atoms with Crippen LogP contribution in [0.1, 0.15) is 38.5 Å². The fourth-order valence-electron chi connectivity index (χ4n) is 3.77. The summed E-state index contributed by atoms with van der Waals surface area (Å²) in [5.41, 5.74) is 0. The number of nitrogens with zero attached hydrogens (tertiary/aromatic N) is 1. The number of carboxylic acids is 1. The van der Waals surface area contributed by atoms with Crippen molar-refractivity contribution in [2.75, 3.05) is 13.2 Å². The van der Waals surface area contributed by atoms with Crippen LogP contribution in [-0.4, -0.2) is 53.3 Å². The number of aliphatic carboxylic acids is 1. The molecule has 2 saturated carbocycles. The number of carbonyl (C=O) groups excluding carboxylic acids is 1. The van der Waals surface area contributed by atoms with Gasteiger partial charge in [0.2, 0.25) is 0 Å². The lowest BCUT2D eigenvalue weighted by molar-refractivity contribution is -0.141. The zero-order valence-corrected chi connectivity index (χ0v) is 11.6. The average Bonchev–Trinajstić information content (AvgIpc) is 3.05. The van der Waals surface area contributed by atoms with Gasteiger partial charge in [0.05, 0.1) is 24.7 Å². The Morgan fingerprint density at radius 3 is 2.80 bits per heavy atom. The van der Waals surface area contributed by atoms with Crippen LogP contribution >= 0.6 is 0 Å². The molecule has 1 saturated heterocycles. The Balaban J connectivity index is 1.55. The van der Waals surface area contributed by atoms with Gasteiger partial charge in [-0.3, -0.25) is 4.79 Å². The number of carbonyl (C=O) groups is 2. The first-order valence-corrected chi connectivity index (χ1v) is 7.56. The van der Waals surface area contributed by atoms with Crippen molar-refractivity contribution in [2.45, 2.75) is 56.7 Å². The minimum Gasteiger partial charge on any atom is -0.481 e. The van der Waals surface area contributed by atoms with Gasteiger partial charge in [0.25, 0.3) is 0 Å². The minimum absolute atomic E-state index is 0.00583. The zero-order chi connectivity index (χ0) is 14.1. The van der Waals surface area contributed by atoms with Crippen molar-refractivity contribution in [3.63, 3.8) is 0 Å². The van der Waals surface area contributed by atoms with Crippen LogP contribution in [0, 0.1) is 5.92 Å². The number of ether oxygens (including phenoxy) is 1. The molecular formula is C14H22N2O4. The maximum absolute atomic E-state index is 12.4. The van der Waals surface area contributed by atoms with E-state index in [1.807, 2.05) is 4.90 Å². The summed E-state index contributed by atoms with van der Waals surface area (Å²) in [6, 6.07) is 0.174. The lowest BCUT2D eigenvalue weighted by atomic mass is 10.1. The Morgan fingerprint density at radius 1 is 1.20 bits per heavy atom. The molecule has 3 aliphatic rings. The lowest BCUT2D eigenvalue weighted by Crippen LogP contribution is -2.55. The summed E-state index contributed by atoms with van der Waals surface area (Å²) in [5, 5.41) is 12.0. The Labute approximate surface area is 118 Å². The molecule has 20 heavy (non-hydrogen) atoms. The summed E-state index contributed by atoms with van der Waals surface area (Å²) in [6.07, 6.45) is 5.35. The van der Waals surface area contributed by atoms with Crippen molar-refractivity contribution in [2.24, 2.45) is 5.92 Å². The molecule has 0 aromatic carbocycles. The van der Waals surface area contributed by atoms with Gasteiger partial charge in [0.15, 0.2) is 0 Å². The van der Waals surface area contributed by atoms with Crippen LogP contribution in [0.2, 0.25) is 0 Å². The highest BCUT2D eigenvalue weighted by molar-refractivity contribution is 5.76. The van der Waals surface area contributed by atoms with E-state index in [0.29, 0.717) is 26.0 Å². The highest BCUT2D eigenvalue weighted by Crippen LogP contribution is 2.30. The van der Waals surface area contributed by atoms with Gasteiger partial charge in [-0.1, -0.05) is 0 Å². The van der Waals surface area contributed by atoms with Gasteiger partial charge in [-0.05, 0) is 38.5 Å². The first-order chi connectivity index (χ1) is 9.65. The molecule has 1 aliphatic heterocycles. The zero-order valence-electron chi connectivity index (χ0n) is 11.6. The second-order valence-corrected chi connectivity index (χ2v) is 6.10. The van der Waals surface area contributed by atoms with Crippen LogP contribution in [-0.2, 0) is 9.53 Å². The molecule has 2 amide bonds. The van der Waals surface area contributed by atoms with E-state index in [0.717, 1.165) is 25.7 Å². The van der Waals surface area contributed by atoms with Crippen molar-refractivity contribution >= 4 is 12.0 Å². The third-order valence-electron chi connectivity index (χ3n) is 4.85. The van der Waals surface area contributed by atoms with Gasteiger partial charge in [0, 0.05) is 12.6 Å². The van der Waals surface area contributed by atoms with E-state index in [9.17, 15) is 9.59 Å². The summed E-state index contributed by atoms with van der Waals surface area (Å²) in [7, 11) is 0. The SMILES string of the molecule is O=C(O)C1CCC(NC(=O)N2CCOC3CCCC32)C1. The van der Waals surface area contributed by atoms with Crippen LogP contribution in [0.3, 0.4) is 0 Å². The Hall–Kier alpha value is -1.30. The van der Waals surface area contributed by atoms with Crippen molar-refractivity contribution in [1.82, 2.24) is 10.2 Å². The highest BCUT2D eigenvalue weighted by atomic mass is 16.5. The molecule has 0 aromatic rings. The van der Waals surface area contributed by atoms with Crippen LogP contribution in [0.15, 0.2) is 0 Å². The quantitative estimate of drug-likeness (QED) is 0.797. The number of urea groups is 1. The molecule has 112 valence electrons. The summed E-state index contributed by atoms with van der Waals surface area (Å²) >= 11 is 0. The molecule has 3 rings (SSSR count). The number of fused-ring (bicyclic) bond motifs is 1. The van der Waals surface area contributed by atoms with E-state index in [2.05, 4.69) is 5.32 Å². The standard InChI is InChI=1S/C14H22N2O4/c17-13(18)9-4-5-10(8-9)15-14(19)16-6-7-20-12-3-1-2-11(12)16/h9-12H,1-8H2,(H,15,19)(H,17,18). The smallest absolute Gasteiger partial charge is 0.318 e. The lowest BCUT2D eigenvalue weighted by Gasteiger charge is -2.38. The Bertz CT molecular complexity index is 401. The van der Waals surface area contributed by atoms with Crippen molar-refractivity contribution in [1.29, 1.82) is 0 Å². The fourth-order valence-corrected chi connectivity index (χ4v) is 3.77. The molecule has 0 bridgehead atoms. The molecule has 6 heteroatoms. The predicted molar refractivity (Wildman–Crippen MR) is 71.4 cm³/mol. The molecular weight excluding hydrogens is 260 g/mol. The molecule has 0 aromatic heterocycles. The first kappa shape index (κ1) is 13.7. The van der Waals surface area contributed by atoms with Gasteiger partial charge in [-0.25, -0.2) is 4.79 Å². The van der Waals surface area contributed by atoms with Crippen molar-refractivity contribution < 1.29 is 19.4 Å². The first-order valence-electron chi connectivity index (χ1n) is 7.56. The van der Waals surface area contributed by atoms with Crippen LogP contribution in [0.4, 0.5) is 4.79 Å². The number of carboxylic acid groups (broad SMARTS) is 1. The van der Waals surface area contributed by atoms with Crippen LogP contribution in [0.25, 0.3) is 0 Å². The highest BCUT2D eigenvalue weighted by Gasteiger charge is 2.39. The summed E-state index contributed by atoms with van der Waals surface area (Å²) < 4.78 is 5.70. The third kappa shape index (κ3) is 2.61. The van der Waals surface area contributed by atoms with Gasteiger partial charge in [-0.2, -0.15) is 0 Å². The van der Waals surface area contributed by atoms with E-state index >= 15 is 0 Å². The number of hydrogen-bond donors (Lipinski definition) is 2. The van der Waals surface area contributed by atoms with E-state index in [1.54, 1.807) is 0 Å². The normalized spacial score (nSPS) is 36.7. The van der Waals surface area contributed by atoms with Gasteiger partial charge >= 0.3 is 12.0 Å². The summed E-state index contributed by atoms with van der Waals surface area (Å²) in [4.78, 5) is 25.2. The van der Waals surface area contributed by atoms with Gasteiger partial charge < -0.3 is 20.1 Å². The second kappa shape index (κ2) is 5.60. The molecule has 1 heterocycles. The van der Waals surface area contributed by atoms with E-state index in [1.165, 1.54) is 0 Å². The minimum atomic E-state index is -0.746. The molecule has 4 unspecified atom stereocenters. The number of nitrogens with one attached hydrogen (secondary N) is 1. The molecule has 0 spiro atoms. The fraction of sp³-hybridized carbons (Fsp3) is 0.857. The maximum Gasteiger partial charge on any atom is 0.318 e. The summed E-state index contributed by atoms with van der Waals surface area (Å²) in [6.45, 7) is 1.25. The molecule has 0 radical (unpaired) electrons. The van der Waals surface area contributed by atoms with Crippen LogP contribution < -0.4 is 5.32 Å². The molecule has 6 nitrogen and oxygen atoms in total. The number of morpholine rings is 1. The topological polar surface area (TPSA) is 78.9 Å². The molecule has 2 aliphatic carbocycles.